The summed E-state index contributed by atoms with van der Waals surface area (Å²) in [5, 5.41) is 3.61. The van der Waals surface area contributed by atoms with E-state index in [9.17, 15) is 0 Å². The van der Waals surface area contributed by atoms with E-state index in [0.717, 1.165) is 18.9 Å². The zero-order chi connectivity index (χ0) is 13.2. The molecule has 1 unspecified atom stereocenters. The Morgan fingerprint density at radius 2 is 2.06 bits per heavy atom. The Labute approximate surface area is 113 Å². The zero-order valence-corrected chi connectivity index (χ0v) is 12.3. The van der Waals surface area contributed by atoms with Crippen molar-refractivity contribution in [1.29, 1.82) is 0 Å². The Kier molecular flexibility index (Phi) is 7.75. The number of rotatable bonds is 9. The van der Waals surface area contributed by atoms with E-state index in [1.807, 2.05) is 0 Å². The summed E-state index contributed by atoms with van der Waals surface area (Å²) in [4.78, 5) is 0. The Balaban J connectivity index is 2.17. The summed E-state index contributed by atoms with van der Waals surface area (Å²) in [5.41, 5.74) is 2.81. The molecule has 1 rings (SSSR count). The molecule has 0 aliphatic rings. The van der Waals surface area contributed by atoms with Crippen molar-refractivity contribution < 1.29 is 0 Å². The highest BCUT2D eigenvalue weighted by atomic mass is 14.8. The predicted octanol–water partition coefficient (Wildman–Crippen LogP) is 4.34. The van der Waals surface area contributed by atoms with Crippen LogP contribution < -0.4 is 5.32 Å². The third-order valence-corrected chi connectivity index (χ3v) is 3.65. The molecule has 0 spiro atoms. The lowest BCUT2D eigenvalue weighted by atomic mass is 9.99. The van der Waals surface area contributed by atoms with E-state index in [4.69, 9.17) is 0 Å². The van der Waals surface area contributed by atoms with E-state index in [1.165, 1.54) is 43.4 Å². The lowest BCUT2D eigenvalue weighted by molar-refractivity contribution is 0.421. The molecule has 0 aliphatic heterocycles. The molecule has 102 valence electrons. The molecule has 0 bridgehead atoms. The van der Waals surface area contributed by atoms with Gasteiger partial charge in [-0.3, -0.25) is 0 Å². The summed E-state index contributed by atoms with van der Waals surface area (Å²) in [7, 11) is 0. The zero-order valence-electron chi connectivity index (χ0n) is 12.3. The molecule has 0 heterocycles. The molecule has 1 nitrogen and oxygen atoms in total. The van der Waals surface area contributed by atoms with Gasteiger partial charge in [-0.15, -0.1) is 0 Å². The number of benzene rings is 1. The van der Waals surface area contributed by atoms with Gasteiger partial charge < -0.3 is 5.32 Å². The molecule has 1 N–H and O–H groups in total. The third kappa shape index (κ3) is 6.20. The highest BCUT2D eigenvalue weighted by Gasteiger charge is 2.04. The average Bonchev–Trinajstić information content (AvgIpc) is 2.38. The molecule has 0 saturated heterocycles. The Hall–Kier alpha value is -0.820. The number of nitrogens with one attached hydrogen (secondary N) is 1. The molecule has 0 aliphatic carbocycles. The molecule has 0 amide bonds. The van der Waals surface area contributed by atoms with Crippen LogP contribution in [0.2, 0.25) is 0 Å². The fourth-order valence-electron chi connectivity index (χ4n) is 2.35. The molecule has 1 aromatic carbocycles. The van der Waals surface area contributed by atoms with Crippen molar-refractivity contribution >= 4 is 0 Å². The van der Waals surface area contributed by atoms with Gasteiger partial charge in [0.1, 0.15) is 0 Å². The molecule has 0 saturated carbocycles. The highest BCUT2D eigenvalue weighted by molar-refractivity contribution is 5.22. The number of aryl methyl sites for hydroxylation is 1. The van der Waals surface area contributed by atoms with Crippen LogP contribution in [0.4, 0.5) is 0 Å². The quantitative estimate of drug-likeness (QED) is 0.640. The van der Waals surface area contributed by atoms with E-state index in [2.05, 4.69) is 50.4 Å². The highest BCUT2D eigenvalue weighted by Crippen LogP contribution is 2.11. The molecular formula is C17H29N. The predicted molar refractivity (Wildman–Crippen MR) is 81.1 cm³/mol. The molecule has 1 atom stereocenters. The van der Waals surface area contributed by atoms with E-state index in [0.29, 0.717) is 0 Å². The van der Waals surface area contributed by atoms with E-state index < -0.39 is 0 Å². The van der Waals surface area contributed by atoms with Crippen molar-refractivity contribution in [3.05, 3.63) is 35.4 Å². The van der Waals surface area contributed by atoms with Crippen molar-refractivity contribution in [2.75, 3.05) is 13.1 Å². The van der Waals surface area contributed by atoms with E-state index in [-0.39, 0.29) is 0 Å². The second-order valence-electron chi connectivity index (χ2n) is 5.36. The molecular weight excluding hydrogens is 218 g/mol. The standard InChI is InChI=1S/C17H29N/c1-4-6-9-16(5-2)14-18-12-11-17-10-7-8-15(3)13-17/h7-8,10,13,16,18H,4-6,9,11-12,14H2,1-3H3. The van der Waals surface area contributed by atoms with Crippen molar-refractivity contribution in [3.63, 3.8) is 0 Å². The van der Waals surface area contributed by atoms with Gasteiger partial charge in [-0.2, -0.15) is 0 Å². The minimum absolute atomic E-state index is 0.863. The molecule has 0 radical (unpaired) electrons. The first-order valence-electron chi connectivity index (χ1n) is 7.52. The molecule has 18 heavy (non-hydrogen) atoms. The fraction of sp³-hybridized carbons (Fsp3) is 0.647. The van der Waals surface area contributed by atoms with Crippen LogP contribution in [0, 0.1) is 12.8 Å². The third-order valence-electron chi connectivity index (χ3n) is 3.65. The van der Waals surface area contributed by atoms with Gasteiger partial charge in [0.05, 0.1) is 0 Å². The first-order chi connectivity index (χ1) is 8.76. The maximum absolute atomic E-state index is 3.61. The van der Waals surface area contributed by atoms with Crippen LogP contribution in [0.5, 0.6) is 0 Å². The van der Waals surface area contributed by atoms with Crippen LogP contribution >= 0.6 is 0 Å². The lowest BCUT2D eigenvalue weighted by Crippen LogP contribution is -2.24. The van der Waals surface area contributed by atoms with Crippen LogP contribution in [0.25, 0.3) is 0 Å². The normalized spacial score (nSPS) is 12.6. The SMILES string of the molecule is CCCCC(CC)CNCCc1cccc(C)c1. The maximum atomic E-state index is 3.61. The Morgan fingerprint density at radius 3 is 2.72 bits per heavy atom. The van der Waals surface area contributed by atoms with Crippen LogP contribution in [0.3, 0.4) is 0 Å². The summed E-state index contributed by atoms with van der Waals surface area (Å²) < 4.78 is 0. The number of hydrogen-bond donors (Lipinski definition) is 1. The van der Waals surface area contributed by atoms with E-state index >= 15 is 0 Å². The minimum atomic E-state index is 0.863. The van der Waals surface area contributed by atoms with Gasteiger partial charge in [0.25, 0.3) is 0 Å². The van der Waals surface area contributed by atoms with Gasteiger partial charge in [0.2, 0.25) is 0 Å². The lowest BCUT2D eigenvalue weighted by Gasteiger charge is -2.15. The van der Waals surface area contributed by atoms with E-state index in [1.54, 1.807) is 0 Å². The van der Waals surface area contributed by atoms with Crippen LogP contribution in [-0.4, -0.2) is 13.1 Å². The summed E-state index contributed by atoms with van der Waals surface area (Å²) in [6.45, 7) is 9.03. The molecule has 1 aromatic rings. The summed E-state index contributed by atoms with van der Waals surface area (Å²) in [6.07, 6.45) is 6.52. The van der Waals surface area contributed by atoms with Gasteiger partial charge in [-0.25, -0.2) is 0 Å². The van der Waals surface area contributed by atoms with Gasteiger partial charge >= 0.3 is 0 Å². The van der Waals surface area contributed by atoms with Crippen molar-refractivity contribution in [2.45, 2.75) is 52.9 Å². The smallest absolute Gasteiger partial charge is 0.000823 e. The second-order valence-corrected chi connectivity index (χ2v) is 5.36. The first-order valence-corrected chi connectivity index (χ1v) is 7.52. The first kappa shape index (κ1) is 15.2. The Bertz CT molecular complexity index is 319. The van der Waals surface area contributed by atoms with Crippen molar-refractivity contribution in [3.8, 4) is 0 Å². The summed E-state index contributed by atoms with van der Waals surface area (Å²) in [6, 6.07) is 8.83. The average molecular weight is 247 g/mol. The maximum Gasteiger partial charge on any atom is -0.000823 e. The van der Waals surface area contributed by atoms with Crippen molar-refractivity contribution in [1.82, 2.24) is 5.32 Å². The van der Waals surface area contributed by atoms with Gasteiger partial charge in [-0.05, 0) is 44.3 Å². The topological polar surface area (TPSA) is 12.0 Å². The molecule has 1 heteroatoms. The van der Waals surface area contributed by atoms with Crippen LogP contribution in [0.15, 0.2) is 24.3 Å². The molecule has 0 aromatic heterocycles. The van der Waals surface area contributed by atoms with Crippen LogP contribution in [0.1, 0.15) is 50.7 Å². The molecule has 0 fully saturated rings. The number of hydrogen-bond acceptors (Lipinski definition) is 1. The van der Waals surface area contributed by atoms with Crippen LogP contribution in [-0.2, 0) is 6.42 Å². The largest absolute Gasteiger partial charge is 0.316 e. The second kappa shape index (κ2) is 9.16. The van der Waals surface area contributed by atoms with Gasteiger partial charge in [0.15, 0.2) is 0 Å². The summed E-state index contributed by atoms with van der Waals surface area (Å²) >= 11 is 0. The monoisotopic (exact) mass is 247 g/mol. The minimum Gasteiger partial charge on any atom is -0.316 e. The Morgan fingerprint density at radius 1 is 1.22 bits per heavy atom. The van der Waals surface area contributed by atoms with Crippen molar-refractivity contribution in [2.24, 2.45) is 5.92 Å². The van der Waals surface area contributed by atoms with Gasteiger partial charge in [0, 0.05) is 0 Å². The number of unbranched alkanes of at least 4 members (excludes halogenated alkanes) is 1. The summed E-state index contributed by atoms with van der Waals surface area (Å²) in [5.74, 6) is 0.863. The van der Waals surface area contributed by atoms with Gasteiger partial charge in [-0.1, -0.05) is 62.9 Å². The fourth-order valence-corrected chi connectivity index (χ4v) is 2.35.